The molecule has 2 heterocycles. The topological polar surface area (TPSA) is 34.2 Å². The predicted molar refractivity (Wildman–Crippen MR) is 108 cm³/mol. The van der Waals surface area contributed by atoms with Crippen molar-refractivity contribution in [3.05, 3.63) is 83.9 Å². The number of halogens is 2. The Bertz CT molecular complexity index is 885. The fraction of sp³-hybridized carbons (Fsp3) is 0.227. The highest BCUT2D eigenvalue weighted by molar-refractivity contribution is 5.85. The van der Waals surface area contributed by atoms with E-state index in [1.807, 2.05) is 18.3 Å². The van der Waals surface area contributed by atoms with Crippen LogP contribution < -0.4 is 10.1 Å². The molecule has 3 aromatic rings. The van der Waals surface area contributed by atoms with Gasteiger partial charge in [0.25, 0.3) is 0 Å². The Kier molecular flexibility index (Phi) is 6.43. The second kappa shape index (κ2) is 8.98. The first kappa shape index (κ1) is 19.3. The van der Waals surface area contributed by atoms with E-state index in [-0.39, 0.29) is 24.3 Å². The summed E-state index contributed by atoms with van der Waals surface area (Å²) in [7, 11) is 0. The van der Waals surface area contributed by atoms with Crippen molar-refractivity contribution in [3.8, 4) is 16.9 Å². The fourth-order valence-electron chi connectivity index (χ4n) is 3.29. The van der Waals surface area contributed by atoms with Crippen molar-refractivity contribution in [1.82, 2.24) is 10.3 Å². The van der Waals surface area contributed by atoms with Crippen molar-refractivity contribution >= 4 is 12.4 Å². The van der Waals surface area contributed by atoms with Crippen molar-refractivity contribution in [1.29, 1.82) is 0 Å². The molecule has 0 spiro atoms. The number of ether oxygens (including phenoxy) is 1. The van der Waals surface area contributed by atoms with Crippen LogP contribution in [0.3, 0.4) is 0 Å². The van der Waals surface area contributed by atoms with E-state index in [1.165, 1.54) is 17.7 Å². The second-order valence-corrected chi connectivity index (χ2v) is 6.61. The zero-order valence-electron chi connectivity index (χ0n) is 14.9. The number of nitrogens with zero attached hydrogens (tertiary/aromatic N) is 1. The van der Waals surface area contributed by atoms with Crippen molar-refractivity contribution < 1.29 is 9.13 Å². The Balaban J connectivity index is 0.00000210. The molecule has 0 amide bonds. The number of hydrogen-bond acceptors (Lipinski definition) is 3. The number of para-hydroxylation sites is 1. The molecule has 27 heavy (non-hydrogen) atoms. The average Bonchev–Trinajstić information content (AvgIpc) is 2.69. The summed E-state index contributed by atoms with van der Waals surface area (Å²) < 4.78 is 19.1. The van der Waals surface area contributed by atoms with Gasteiger partial charge in [0.2, 0.25) is 0 Å². The maximum Gasteiger partial charge on any atom is 0.123 e. The molecule has 0 fully saturated rings. The van der Waals surface area contributed by atoms with E-state index in [0.29, 0.717) is 0 Å². The minimum Gasteiger partial charge on any atom is -0.489 e. The summed E-state index contributed by atoms with van der Waals surface area (Å²) in [5.41, 5.74) is 4.35. The first-order valence-corrected chi connectivity index (χ1v) is 8.93. The van der Waals surface area contributed by atoms with E-state index < -0.39 is 0 Å². The van der Waals surface area contributed by atoms with Crippen LogP contribution in [0.25, 0.3) is 11.1 Å². The largest absolute Gasteiger partial charge is 0.489 e. The molecule has 4 rings (SSSR count). The molecular weight excluding hydrogens is 363 g/mol. The number of pyridine rings is 1. The molecule has 1 aliphatic rings. The summed E-state index contributed by atoms with van der Waals surface area (Å²) in [6, 6.07) is 16.8. The van der Waals surface area contributed by atoms with Gasteiger partial charge in [0.1, 0.15) is 17.7 Å². The molecule has 5 heteroatoms. The van der Waals surface area contributed by atoms with Crippen LogP contribution in [-0.4, -0.2) is 17.6 Å². The standard InChI is InChI=1S/C22H21FN2O.ClH/c23-20-8-5-17(6-9-20)19-11-16(12-24-14-19)13-25-15-21-10-7-18-3-1-2-4-22(18)26-21;/h1-6,8-9,11-12,14,21,25H,7,10,13,15H2;1H/t21-;/m1./s1. The lowest BCUT2D eigenvalue weighted by molar-refractivity contribution is 0.170. The molecule has 1 N–H and O–H groups in total. The summed E-state index contributed by atoms with van der Waals surface area (Å²) >= 11 is 0. The monoisotopic (exact) mass is 384 g/mol. The van der Waals surface area contributed by atoms with Gasteiger partial charge in [-0.1, -0.05) is 30.3 Å². The molecule has 1 aromatic heterocycles. The second-order valence-electron chi connectivity index (χ2n) is 6.61. The third-order valence-corrected chi connectivity index (χ3v) is 4.68. The number of fused-ring (bicyclic) bond motifs is 1. The first-order chi connectivity index (χ1) is 12.8. The van der Waals surface area contributed by atoms with Crippen LogP contribution in [0.1, 0.15) is 17.5 Å². The Morgan fingerprint density at radius 1 is 1.04 bits per heavy atom. The number of nitrogens with one attached hydrogen (secondary N) is 1. The van der Waals surface area contributed by atoms with Crippen molar-refractivity contribution in [2.24, 2.45) is 0 Å². The van der Waals surface area contributed by atoms with E-state index in [9.17, 15) is 4.39 Å². The fourth-order valence-corrected chi connectivity index (χ4v) is 3.29. The molecule has 0 saturated heterocycles. The molecule has 140 valence electrons. The summed E-state index contributed by atoms with van der Waals surface area (Å²) in [5.74, 6) is 0.777. The maximum atomic E-state index is 13.1. The van der Waals surface area contributed by atoms with Crippen LogP contribution >= 0.6 is 12.4 Å². The normalized spacial score (nSPS) is 15.4. The van der Waals surface area contributed by atoms with Gasteiger partial charge < -0.3 is 10.1 Å². The Hall–Kier alpha value is -2.43. The molecule has 0 unspecified atom stereocenters. The van der Waals surface area contributed by atoms with Crippen LogP contribution in [0, 0.1) is 5.82 Å². The molecule has 1 atom stereocenters. The van der Waals surface area contributed by atoms with Gasteiger partial charge in [-0.2, -0.15) is 0 Å². The van der Waals surface area contributed by atoms with Gasteiger partial charge in [0.15, 0.2) is 0 Å². The lowest BCUT2D eigenvalue weighted by Crippen LogP contribution is -2.33. The van der Waals surface area contributed by atoms with Gasteiger partial charge in [0, 0.05) is 31.0 Å². The van der Waals surface area contributed by atoms with E-state index >= 15 is 0 Å². The van der Waals surface area contributed by atoms with Gasteiger partial charge in [-0.15, -0.1) is 12.4 Å². The molecule has 0 aliphatic carbocycles. The van der Waals surface area contributed by atoms with Crippen molar-refractivity contribution in [3.63, 3.8) is 0 Å². The summed E-state index contributed by atoms with van der Waals surface area (Å²) in [4.78, 5) is 4.31. The zero-order chi connectivity index (χ0) is 17.8. The summed E-state index contributed by atoms with van der Waals surface area (Å²) in [6.07, 6.45) is 5.94. The average molecular weight is 385 g/mol. The van der Waals surface area contributed by atoms with Crippen molar-refractivity contribution in [2.75, 3.05) is 6.54 Å². The molecule has 2 aromatic carbocycles. The predicted octanol–water partition coefficient (Wildman–Crippen LogP) is 4.79. The maximum absolute atomic E-state index is 13.1. The summed E-state index contributed by atoms with van der Waals surface area (Å²) in [6.45, 7) is 1.53. The Labute approximate surface area is 165 Å². The van der Waals surface area contributed by atoms with E-state index in [1.54, 1.807) is 18.3 Å². The van der Waals surface area contributed by atoms with Gasteiger partial charge in [-0.05, 0) is 53.8 Å². The van der Waals surface area contributed by atoms with Crippen LogP contribution in [0.5, 0.6) is 5.75 Å². The van der Waals surface area contributed by atoms with Gasteiger partial charge in [-0.25, -0.2) is 4.39 Å². The minimum atomic E-state index is -0.228. The Morgan fingerprint density at radius 3 is 2.70 bits per heavy atom. The number of benzene rings is 2. The van der Waals surface area contributed by atoms with Crippen LogP contribution in [-0.2, 0) is 13.0 Å². The third-order valence-electron chi connectivity index (χ3n) is 4.68. The first-order valence-electron chi connectivity index (χ1n) is 8.93. The molecular formula is C22H22ClFN2O. The highest BCUT2D eigenvalue weighted by atomic mass is 35.5. The van der Waals surface area contributed by atoms with Gasteiger partial charge >= 0.3 is 0 Å². The number of hydrogen-bond donors (Lipinski definition) is 1. The third kappa shape index (κ3) is 4.85. The highest BCUT2D eigenvalue weighted by Crippen LogP contribution is 2.26. The molecule has 1 aliphatic heterocycles. The zero-order valence-corrected chi connectivity index (χ0v) is 15.7. The van der Waals surface area contributed by atoms with E-state index in [0.717, 1.165) is 48.4 Å². The SMILES string of the molecule is Cl.Fc1ccc(-c2cncc(CNC[C@H]3CCc4ccccc4O3)c2)cc1. The smallest absolute Gasteiger partial charge is 0.123 e. The van der Waals surface area contributed by atoms with Crippen LogP contribution in [0.2, 0.25) is 0 Å². The molecule has 3 nitrogen and oxygen atoms in total. The molecule has 0 radical (unpaired) electrons. The highest BCUT2D eigenvalue weighted by Gasteiger charge is 2.18. The van der Waals surface area contributed by atoms with Gasteiger partial charge in [0.05, 0.1) is 0 Å². The number of aryl methyl sites for hydroxylation is 1. The summed E-state index contributed by atoms with van der Waals surface area (Å²) in [5, 5.41) is 3.47. The lowest BCUT2D eigenvalue weighted by Gasteiger charge is -2.26. The quantitative estimate of drug-likeness (QED) is 0.686. The number of rotatable bonds is 5. The number of aromatic nitrogens is 1. The van der Waals surface area contributed by atoms with Gasteiger partial charge in [-0.3, -0.25) is 4.98 Å². The molecule has 0 saturated carbocycles. The minimum absolute atomic E-state index is 0. The van der Waals surface area contributed by atoms with Crippen LogP contribution in [0.15, 0.2) is 67.0 Å². The van der Waals surface area contributed by atoms with Crippen molar-refractivity contribution in [2.45, 2.75) is 25.5 Å². The van der Waals surface area contributed by atoms with E-state index in [4.69, 9.17) is 4.74 Å². The van der Waals surface area contributed by atoms with Crippen LogP contribution in [0.4, 0.5) is 4.39 Å². The molecule has 0 bridgehead atoms. The Morgan fingerprint density at radius 2 is 1.85 bits per heavy atom. The van der Waals surface area contributed by atoms with E-state index in [2.05, 4.69) is 28.5 Å². The lowest BCUT2D eigenvalue weighted by atomic mass is 10.0.